The Balaban J connectivity index is 1.27. The van der Waals surface area contributed by atoms with Crippen molar-refractivity contribution in [1.82, 2.24) is 39.0 Å². The number of aromatic amines is 1. The molecule has 1 fully saturated rings. The number of fused-ring (bicyclic) bond motifs is 2. The van der Waals surface area contributed by atoms with Gasteiger partial charge in [-0.3, -0.25) is 23.4 Å². The molecule has 0 spiro atoms. The Labute approximate surface area is 239 Å². The summed E-state index contributed by atoms with van der Waals surface area (Å²) >= 11 is 14.4. The van der Waals surface area contributed by atoms with Crippen molar-refractivity contribution in [3.05, 3.63) is 29.3 Å². The van der Waals surface area contributed by atoms with Crippen LogP contribution in [-0.4, -0.2) is 79.2 Å². The van der Waals surface area contributed by atoms with Gasteiger partial charge in [0.15, 0.2) is 36.0 Å². The summed E-state index contributed by atoms with van der Waals surface area (Å²) in [5.41, 5.74) is 7.86. The van der Waals surface area contributed by atoms with Crippen LogP contribution in [0.1, 0.15) is 18.9 Å². The van der Waals surface area contributed by atoms with Gasteiger partial charge in [-0.2, -0.15) is 4.98 Å². The second-order valence-corrected chi connectivity index (χ2v) is 15.4. The molecule has 23 heteroatoms. The number of anilines is 2. The molecule has 40 heavy (non-hydrogen) atoms. The lowest BCUT2D eigenvalue weighted by Gasteiger charge is -2.26. The summed E-state index contributed by atoms with van der Waals surface area (Å²) in [6, 6.07) is 0. The first kappa shape index (κ1) is 29.4. The van der Waals surface area contributed by atoms with Crippen molar-refractivity contribution >= 4 is 82.8 Å². The second-order valence-electron chi connectivity index (χ2n) is 8.32. The molecule has 1 aliphatic heterocycles. The number of imidazole rings is 2. The summed E-state index contributed by atoms with van der Waals surface area (Å²) in [5, 5.41) is 21.1. The average molecular weight is 653 g/mol. The topological polar surface area (TPSA) is 257 Å². The van der Waals surface area contributed by atoms with Gasteiger partial charge in [0.1, 0.15) is 24.2 Å². The highest BCUT2D eigenvalue weighted by Crippen LogP contribution is 2.55. The molecule has 7 atom stereocenters. The SMILES string of the molecule is Nc1nc2c(ncn2[C@H](O)[C@@H](O)OP(=S)(S)OC[C@H]2O[C@@H](n3cnc4c(N)ncnc43)C[C@@H]2O[PH](O)=S)c(=O)[nH]1. The summed E-state index contributed by atoms with van der Waals surface area (Å²) in [6.45, 7) is -0.236. The Morgan fingerprint density at radius 3 is 2.75 bits per heavy atom. The van der Waals surface area contributed by atoms with Crippen molar-refractivity contribution < 1.29 is 33.4 Å². The highest BCUT2D eigenvalue weighted by atomic mass is 32.9. The molecule has 0 aliphatic carbocycles. The van der Waals surface area contributed by atoms with Gasteiger partial charge in [-0.25, -0.2) is 19.9 Å². The molecule has 8 N–H and O–H groups in total. The molecular weight excluding hydrogens is 630 g/mol. The number of nitrogens with two attached hydrogens (primary N) is 2. The van der Waals surface area contributed by atoms with Crippen LogP contribution >= 0.6 is 25.1 Å². The first-order chi connectivity index (χ1) is 18.9. The van der Waals surface area contributed by atoms with Crippen molar-refractivity contribution in [2.45, 2.75) is 37.4 Å². The number of rotatable bonds is 10. The standard InChI is InChI=1S/C17H22N10O8P2S3/c18-11-9-12(21-3-20-11)26(4-22-9)8-1-6(34-36(31)38)7(33-8)2-32-37(39,40)35-16(30)15(29)27-5-23-10-13(27)24-17(19)25-14(10)28/h3-8,15-16,29-30,36H,1-2H2,(H,31,38)(H,39,40)(H2,18,20,21)(H3,19,24,25,28)/t6-,7+,8+,15+,16-/m0/s1. The molecule has 0 saturated carbocycles. The Hall–Kier alpha value is -2.13. The van der Waals surface area contributed by atoms with Crippen molar-refractivity contribution in [1.29, 1.82) is 0 Å². The third-order valence-corrected chi connectivity index (χ3v) is 8.72. The van der Waals surface area contributed by atoms with Crippen LogP contribution in [0.3, 0.4) is 0 Å². The van der Waals surface area contributed by atoms with Crippen LogP contribution in [0.4, 0.5) is 11.8 Å². The largest absolute Gasteiger partial charge is 0.382 e. The van der Waals surface area contributed by atoms with Gasteiger partial charge in [-0.05, 0) is 23.6 Å². The maximum absolute atomic E-state index is 12.0. The van der Waals surface area contributed by atoms with Crippen molar-refractivity contribution in [3.63, 3.8) is 0 Å². The molecule has 0 aromatic carbocycles. The molecule has 0 amide bonds. The predicted octanol–water partition coefficient (Wildman–Crippen LogP) is -0.708. The van der Waals surface area contributed by atoms with E-state index in [2.05, 4.69) is 42.2 Å². The monoisotopic (exact) mass is 652 g/mol. The number of hydrogen-bond donors (Lipinski definition) is 7. The summed E-state index contributed by atoms with van der Waals surface area (Å²) in [4.78, 5) is 44.1. The number of ether oxygens (including phenoxy) is 1. The molecule has 1 saturated heterocycles. The first-order valence-electron chi connectivity index (χ1n) is 11.2. The lowest BCUT2D eigenvalue weighted by Crippen LogP contribution is -2.28. The lowest BCUT2D eigenvalue weighted by molar-refractivity contribution is -0.134. The van der Waals surface area contributed by atoms with Gasteiger partial charge in [-0.15, -0.1) is 0 Å². The number of aliphatic hydroxyl groups is 2. The third kappa shape index (κ3) is 6.06. The number of nitrogen functional groups attached to an aromatic ring is 2. The fraction of sp³-hybridized carbons (Fsp3) is 0.412. The van der Waals surface area contributed by atoms with E-state index in [-0.39, 0.29) is 36.0 Å². The van der Waals surface area contributed by atoms with Gasteiger partial charge in [0.25, 0.3) is 5.56 Å². The summed E-state index contributed by atoms with van der Waals surface area (Å²) in [7, 11) is -2.53. The molecule has 1 aliphatic rings. The van der Waals surface area contributed by atoms with Crippen molar-refractivity contribution in [2.24, 2.45) is 0 Å². The molecule has 5 rings (SSSR count). The number of hydrogen-bond acceptors (Lipinski definition) is 16. The van der Waals surface area contributed by atoms with Crippen LogP contribution in [-0.2, 0) is 41.9 Å². The fourth-order valence-electron chi connectivity index (χ4n) is 4.02. The lowest BCUT2D eigenvalue weighted by atomic mass is 10.2. The average Bonchev–Trinajstić information content (AvgIpc) is 3.59. The molecule has 5 heterocycles. The molecule has 4 aromatic heterocycles. The van der Waals surface area contributed by atoms with E-state index in [0.717, 1.165) is 10.9 Å². The van der Waals surface area contributed by atoms with Crippen molar-refractivity contribution in [2.75, 3.05) is 18.1 Å². The van der Waals surface area contributed by atoms with E-state index in [1.165, 1.54) is 12.7 Å². The maximum Gasteiger partial charge on any atom is 0.280 e. The van der Waals surface area contributed by atoms with Gasteiger partial charge >= 0.3 is 0 Å². The van der Waals surface area contributed by atoms with Crippen LogP contribution < -0.4 is 17.0 Å². The normalized spacial score (nSPS) is 23.4. The summed E-state index contributed by atoms with van der Waals surface area (Å²) in [5.74, 6) is -0.0218. The first-order valence-corrected chi connectivity index (χ1v) is 17.4. The van der Waals surface area contributed by atoms with E-state index in [1.54, 1.807) is 4.57 Å². The molecule has 2 unspecified atom stereocenters. The van der Waals surface area contributed by atoms with E-state index in [1.807, 2.05) is 0 Å². The highest BCUT2D eigenvalue weighted by Gasteiger charge is 2.40. The van der Waals surface area contributed by atoms with E-state index in [9.17, 15) is 19.9 Å². The molecule has 0 radical (unpaired) electrons. The van der Waals surface area contributed by atoms with Crippen molar-refractivity contribution in [3.8, 4) is 0 Å². The number of nitrogens with zero attached hydrogens (tertiary/aromatic N) is 7. The second kappa shape index (κ2) is 11.6. The smallest absolute Gasteiger partial charge is 0.280 e. The minimum atomic E-state index is -3.52. The Bertz CT molecular complexity index is 1690. The van der Waals surface area contributed by atoms with E-state index in [0.29, 0.717) is 11.2 Å². The van der Waals surface area contributed by atoms with Gasteiger partial charge in [-0.1, -0.05) is 12.2 Å². The third-order valence-electron chi connectivity index (χ3n) is 5.76. The number of nitrogens with one attached hydrogen (secondary N) is 1. The molecule has 216 valence electrons. The van der Waals surface area contributed by atoms with E-state index in [4.69, 9.17) is 53.4 Å². The van der Waals surface area contributed by atoms with E-state index >= 15 is 0 Å². The molecule has 0 bridgehead atoms. The van der Waals surface area contributed by atoms with Gasteiger partial charge < -0.3 is 40.4 Å². The van der Waals surface area contributed by atoms with Gasteiger partial charge in [0.05, 0.1) is 25.4 Å². The fourth-order valence-corrected chi connectivity index (χ4v) is 6.61. The molecular formula is C17H22N10O8P2S3. The zero-order valence-electron chi connectivity index (χ0n) is 19.9. The summed E-state index contributed by atoms with van der Waals surface area (Å²) < 4.78 is 25.2. The number of aliphatic hydroxyl groups excluding tert-OH is 2. The Morgan fingerprint density at radius 1 is 1.25 bits per heavy atom. The molecule has 4 aromatic rings. The molecule has 18 nitrogen and oxygen atoms in total. The zero-order valence-corrected chi connectivity index (χ0v) is 24.3. The predicted molar refractivity (Wildman–Crippen MR) is 151 cm³/mol. The minimum Gasteiger partial charge on any atom is -0.382 e. The number of thiol groups is 1. The van der Waals surface area contributed by atoms with Gasteiger partial charge in [0.2, 0.25) is 17.9 Å². The quantitative estimate of drug-likeness (QED) is 0.0634. The van der Waals surface area contributed by atoms with Crippen LogP contribution in [0.2, 0.25) is 0 Å². The van der Waals surface area contributed by atoms with Crippen LogP contribution in [0.15, 0.2) is 23.8 Å². The van der Waals surface area contributed by atoms with Gasteiger partial charge in [0, 0.05) is 6.42 Å². The van der Waals surface area contributed by atoms with Crippen LogP contribution in [0.25, 0.3) is 22.3 Å². The number of H-pyrrole nitrogens is 1. The number of aromatic nitrogens is 8. The maximum atomic E-state index is 12.0. The highest BCUT2D eigenvalue weighted by molar-refractivity contribution is 8.60. The minimum absolute atomic E-state index is 0.0975. The van der Waals surface area contributed by atoms with E-state index < -0.39 is 49.4 Å². The van der Waals surface area contributed by atoms with Crippen LogP contribution in [0.5, 0.6) is 0 Å². The zero-order chi connectivity index (χ0) is 28.8. The summed E-state index contributed by atoms with van der Waals surface area (Å²) in [6.07, 6.45) is -1.81. The Morgan fingerprint density at radius 2 is 2.00 bits per heavy atom. The van der Waals surface area contributed by atoms with Crippen LogP contribution in [0, 0.1) is 0 Å². The Kier molecular flexibility index (Phi) is 8.54.